The fraction of sp³-hybridized carbons (Fsp3) is 0.200. The second-order valence-electron chi connectivity index (χ2n) is 4.78. The molecule has 0 bridgehead atoms. The number of aromatic nitrogens is 1. The maximum Gasteiger partial charge on any atom is 0.418 e. The Morgan fingerprint density at radius 2 is 1.92 bits per heavy atom. The number of hydrogen-bond acceptors (Lipinski definition) is 6. The van der Waals surface area contributed by atoms with Crippen LogP contribution in [0.1, 0.15) is 21.5 Å². The van der Waals surface area contributed by atoms with E-state index in [0.29, 0.717) is 23.4 Å². The van der Waals surface area contributed by atoms with Gasteiger partial charge in [-0.15, -0.1) is 0 Å². The summed E-state index contributed by atoms with van der Waals surface area (Å²) in [5.74, 6) is -1.07. The van der Waals surface area contributed by atoms with Gasteiger partial charge in [0.1, 0.15) is 6.61 Å². The van der Waals surface area contributed by atoms with Crippen LogP contribution in [0.4, 0.5) is 18.9 Å². The summed E-state index contributed by atoms with van der Waals surface area (Å²) in [6.45, 7) is -0.180. The number of carbonyl (C=O) groups excluding carboxylic acids is 1. The van der Waals surface area contributed by atoms with Crippen LogP contribution >= 0.6 is 0 Å². The van der Waals surface area contributed by atoms with Crippen LogP contribution in [0.5, 0.6) is 5.88 Å². The van der Waals surface area contributed by atoms with Gasteiger partial charge in [0.25, 0.3) is 5.88 Å². The third-order valence-electron chi connectivity index (χ3n) is 3.11. The minimum Gasteiger partial charge on any atom is -0.468 e. The van der Waals surface area contributed by atoms with Crippen molar-refractivity contribution in [1.29, 1.82) is 0 Å². The van der Waals surface area contributed by atoms with Gasteiger partial charge in [-0.25, -0.2) is 9.78 Å². The number of pyridine rings is 1. The van der Waals surface area contributed by atoms with Gasteiger partial charge in [0.05, 0.1) is 23.2 Å². The lowest BCUT2D eigenvalue weighted by Gasteiger charge is -2.09. The lowest BCUT2D eigenvalue weighted by Crippen LogP contribution is -2.08. The predicted molar refractivity (Wildman–Crippen MR) is 78.0 cm³/mol. The van der Waals surface area contributed by atoms with E-state index in [0.717, 1.165) is 0 Å². The molecular weight excluding hydrogens is 345 g/mol. The maximum atomic E-state index is 12.6. The molecule has 0 unspecified atom stereocenters. The molecule has 25 heavy (non-hydrogen) atoms. The molecule has 0 amide bonds. The number of carbonyl (C=O) groups is 1. The monoisotopic (exact) mass is 356 g/mol. The largest absolute Gasteiger partial charge is 0.468 e. The van der Waals surface area contributed by atoms with E-state index in [1.54, 1.807) is 0 Å². The highest BCUT2D eigenvalue weighted by Crippen LogP contribution is 2.34. The average Bonchev–Trinajstić information content (AvgIpc) is 2.58. The summed E-state index contributed by atoms with van der Waals surface area (Å²) >= 11 is 0. The Kier molecular flexibility index (Phi) is 5.20. The number of nitro groups is 1. The van der Waals surface area contributed by atoms with Gasteiger partial charge in [-0.2, -0.15) is 13.2 Å². The molecule has 0 spiro atoms. The van der Waals surface area contributed by atoms with Crippen molar-refractivity contribution in [2.75, 3.05) is 7.11 Å². The molecule has 1 aromatic carbocycles. The lowest BCUT2D eigenvalue weighted by atomic mass is 10.1. The Balaban J connectivity index is 2.17. The second-order valence-corrected chi connectivity index (χ2v) is 4.78. The SMILES string of the molecule is COC(=O)c1ccc(COc2ncc(C(F)(F)F)cc2[N+](=O)[O-])cc1. The minimum atomic E-state index is -4.75. The number of nitrogens with zero attached hydrogens (tertiary/aromatic N) is 2. The number of ether oxygens (including phenoxy) is 2. The zero-order chi connectivity index (χ0) is 18.6. The molecule has 7 nitrogen and oxygen atoms in total. The number of alkyl halides is 3. The number of methoxy groups -OCH3 is 1. The summed E-state index contributed by atoms with van der Waals surface area (Å²) in [7, 11) is 1.23. The number of rotatable bonds is 5. The van der Waals surface area contributed by atoms with Crippen LogP contribution in [-0.2, 0) is 17.5 Å². The van der Waals surface area contributed by atoms with E-state index in [9.17, 15) is 28.1 Å². The second kappa shape index (κ2) is 7.16. The number of halogens is 3. The molecule has 0 saturated heterocycles. The topological polar surface area (TPSA) is 91.6 Å². The quantitative estimate of drug-likeness (QED) is 0.463. The fourth-order valence-corrected chi connectivity index (χ4v) is 1.84. The van der Waals surface area contributed by atoms with Crippen LogP contribution < -0.4 is 4.74 Å². The van der Waals surface area contributed by atoms with Crippen molar-refractivity contribution in [3.05, 3.63) is 63.3 Å². The summed E-state index contributed by atoms with van der Waals surface area (Å²) in [6, 6.07) is 6.31. The van der Waals surface area contributed by atoms with Crippen LogP contribution in [0, 0.1) is 10.1 Å². The normalized spacial score (nSPS) is 11.0. The first-order chi connectivity index (χ1) is 11.7. The molecule has 1 heterocycles. The van der Waals surface area contributed by atoms with Gasteiger partial charge in [-0.05, 0) is 17.7 Å². The molecule has 1 aromatic heterocycles. The molecule has 2 aromatic rings. The first-order valence-corrected chi connectivity index (χ1v) is 6.74. The van der Waals surface area contributed by atoms with Gasteiger partial charge in [0.2, 0.25) is 0 Å². The van der Waals surface area contributed by atoms with Crippen LogP contribution in [0.25, 0.3) is 0 Å². The van der Waals surface area contributed by atoms with Crippen molar-refractivity contribution in [2.24, 2.45) is 0 Å². The first-order valence-electron chi connectivity index (χ1n) is 6.74. The van der Waals surface area contributed by atoms with E-state index in [-0.39, 0.29) is 6.61 Å². The van der Waals surface area contributed by atoms with Gasteiger partial charge < -0.3 is 9.47 Å². The van der Waals surface area contributed by atoms with Crippen LogP contribution in [-0.4, -0.2) is 23.0 Å². The van der Waals surface area contributed by atoms with Gasteiger partial charge in [-0.3, -0.25) is 10.1 Å². The van der Waals surface area contributed by atoms with E-state index in [2.05, 4.69) is 9.72 Å². The van der Waals surface area contributed by atoms with E-state index in [1.807, 2.05) is 0 Å². The summed E-state index contributed by atoms with van der Waals surface area (Å²) in [4.78, 5) is 24.6. The van der Waals surface area contributed by atoms with Crippen LogP contribution in [0.2, 0.25) is 0 Å². The fourth-order valence-electron chi connectivity index (χ4n) is 1.84. The zero-order valence-electron chi connectivity index (χ0n) is 12.7. The average molecular weight is 356 g/mol. The van der Waals surface area contributed by atoms with Gasteiger partial charge >= 0.3 is 17.8 Å². The molecule has 10 heteroatoms. The van der Waals surface area contributed by atoms with E-state index in [1.165, 1.54) is 31.4 Å². The van der Waals surface area contributed by atoms with E-state index >= 15 is 0 Å². The molecule has 0 radical (unpaired) electrons. The highest BCUT2D eigenvalue weighted by Gasteiger charge is 2.34. The van der Waals surface area contributed by atoms with Gasteiger partial charge in [0.15, 0.2) is 0 Å². The smallest absolute Gasteiger partial charge is 0.418 e. The van der Waals surface area contributed by atoms with Crippen LogP contribution in [0.15, 0.2) is 36.5 Å². The molecule has 2 rings (SSSR count). The molecule has 0 aliphatic carbocycles. The third kappa shape index (κ3) is 4.43. The van der Waals surface area contributed by atoms with Crippen molar-refractivity contribution >= 4 is 11.7 Å². The van der Waals surface area contributed by atoms with Crippen molar-refractivity contribution in [1.82, 2.24) is 4.98 Å². The molecule has 132 valence electrons. The summed E-state index contributed by atoms with van der Waals surface area (Å²) < 4.78 is 47.5. The molecule has 0 fully saturated rings. The maximum absolute atomic E-state index is 12.6. The van der Waals surface area contributed by atoms with Crippen molar-refractivity contribution < 1.29 is 32.4 Å². The van der Waals surface area contributed by atoms with Crippen molar-refractivity contribution in [2.45, 2.75) is 12.8 Å². The van der Waals surface area contributed by atoms with Crippen LogP contribution in [0.3, 0.4) is 0 Å². The molecule has 0 saturated carbocycles. The highest BCUT2D eigenvalue weighted by atomic mass is 19.4. The number of hydrogen-bond donors (Lipinski definition) is 0. The molecule has 0 aliphatic heterocycles. The molecular formula is C15H11F3N2O5. The summed E-state index contributed by atoms with van der Waals surface area (Å²) in [5, 5.41) is 10.9. The molecule has 0 N–H and O–H groups in total. The Morgan fingerprint density at radius 3 is 2.44 bits per heavy atom. The van der Waals surface area contributed by atoms with Crippen molar-refractivity contribution in [3.8, 4) is 5.88 Å². The molecule has 0 atom stereocenters. The Bertz CT molecular complexity index is 791. The number of esters is 1. The van der Waals surface area contributed by atoms with E-state index < -0.39 is 34.2 Å². The lowest BCUT2D eigenvalue weighted by molar-refractivity contribution is -0.386. The highest BCUT2D eigenvalue weighted by molar-refractivity contribution is 5.89. The van der Waals surface area contributed by atoms with Crippen molar-refractivity contribution in [3.63, 3.8) is 0 Å². The Morgan fingerprint density at radius 1 is 1.28 bits per heavy atom. The summed E-state index contributed by atoms with van der Waals surface area (Å²) in [5.41, 5.74) is -1.30. The summed E-state index contributed by atoms with van der Waals surface area (Å²) in [6.07, 6.45) is -4.29. The predicted octanol–water partition coefficient (Wildman–Crippen LogP) is 3.37. The Labute approximate surface area is 139 Å². The minimum absolute atomic E-state index is 0.180. The van der Waals surface area contributed by atoms with E-state index in [4.69, 9.17) is 4.74 Å². The van der Waals surface area contributed by atoms with Gasteiger partial charge in [-0.1, -0.05) is 12.1 Å². The standard InChI is InChI=1S/C15H11F3N2O5/c1-24-14(21)10-4-2-9(3-5-10)8-25-13-12(20(22)23)6-11(7-19-13)15(16,17)18/h2-7H,8H2,1H3. The number of benzene rings is 1. The Hall–Kier alpha value is -3.17. The molecule has 0 aliphatic rings. The zero-order valence-corrected chi connectivity index (χ0v) is 12.7. The van der Waals surface area contributed by atoms with Gasteiger partial charge in [0, 0.05) is 12.3 Å². The first kappa shape index (κ1) is 18.2. The third-order valence-corrected chi connectivity index (χ3v) is 3.11.